The number of tetrazole rings is 1. The molecule has 0 unspecified atom stereocenters. The molecule has 0 aliphatic heterocycles. The van der Waals surface area contributed by atoms with Gasteiger partial charge in [0.1, 0.15) is 0 Å². The SMILES string of the molecule is Cc1ccccc1SCC(=O)Nc1cccc(-c2nnnn2C2CC2)c1. The van der Waals surface area contributed by atoms with Crippen molar-refractivity contribution in [2.24, 2.45) is 0 Å². The van der Waals surface area contributed by atoms with Crippen LogP contribution in [0.25, 0.3) is 11.4 Å². The van der Waals surface area contributed by atoms with Crippen molar-refractivity contribution in [3.8, 4) is 11.4 Å². The summed E-state index contributed by atoms with van der Waals surface area (Å²) in [6.45, 7) is 2.05. The fourth-order valence-electron chi connectivity index (χ4n) is 2.74. The molecular formula is C19H19N5OS. The Morgan fingerprint density at radius 3 is 2.88 bits per heavy atom. The molecule has 26 heavy (non-hydrogen) atoms. The van der Waals surface area contributed by atoms with Crippen LogP contribution in [0.1, 0.15) is 24.4 Å². The van der Waals surface area contributed by atoms with Crippen molar-refractivity contribution >= 4 is 23.4 Å². The molecular weight excluding hydrogens is 346 g/mol. The van der Waals surface area contributed by atoms with Crippen LogP contribution in [0, 0.1) is 6.92 Å². The molecule has 0 saturated heterocycles. The normalized spacial score (nSPS) is 13.6. The highest BCUT2D eigenvalue weighted by Crippen LogP contribution is 2.36. The van der Waals surface area contributed by atoms with Crippen molar-refractivity contribution in [1.29, 1.82) is 0 Å². The average molecular weight is 365 g/mol. The highest BCUT2D eigenvalue weighted by molar-refractivity contribution is 8.00. The zero-order valence-electron chi connectivity index (χ0n) is 14.4. The van der Waals surface area contributed by atoms with Gasteiger partial charge >= 0.3 is 0 Å². The molecule has 1 saturated carbocycles. The molecule has 3 aromatic rings. The lowest BCUT2D eigenvalue weighted by atomic mass is 10.2. The molecule has 0 spiro atoms. The summed E-state index contributed by atoms with van der Waals surface area (Å²) in [6, 6.07) is 16.1. The number of aromatic nitrogens is 4. The first-order chi connectivity index (χ1) is 12.7. The van der Waals surface area contributed by atoms with Gasteiger partial charge in [0.25, 0.3) is 0 Å². The number of hydrogen-bond acceptors (Lipinski definition) is 5. The van der Waals surface area contributed by atoms with Crippen molar-refractivity contribution in [2.75, 3.05) is 11.1 Å². The molecule has 1 fully saturated rings. The zero-order chi connectivity index (χ0) is 17.9. The molecule has 0 radical (unpaired) electrons. The Kier molecular flexibility index (Phi) is 4.71. The number of aryl methyl sites for hydroxylation is 1. The van der Waals surface area contributed by atoms with Crippen LogP contribution in [-0.4, -0.2) is 31.9 Å². The lowest BCUT2D eigenvalue weighted by molar-refractivity contribution is -0.113. The number of rotatable bonds is 6. The van der Waals surface area contributed by atoms with Crippen molar-refractivity contribution in [3.05, 3.63) is 54.1 Å². The Morgan fingerprint density at radius 2 is 2.08 bits per heavy atom. The van der Waals surface area contributed by atoms with E-state index < -0.39 is 0 Å². The quantitative estimate of drug-likeness (QED) is 0.674. The lowest BCUT2D eigenvalue weighted by Gasteiger charge is -2.08. The number of hydrogen-bond donors (Lipinski definition) is 1. The highest BCUT2D eigenvalue weighted by atomic mass is 32.2. The van der Waals surface area contributed by atoms with Gasteiger partial charge in [-0.1, -0.05) is 30.3 Å². The van der Waals surface area contributed by atoms with Crippen molar-refractivity contribution in [3.63, 3.8) is 0 Å². The van der Waals surface area contributed by atoms with Crippen molar-refractivity contribution in [1.82, 2.24) is 20.2 Å². The van der Waals surface area contributed by atoms with Crippen LogP contribution in [0.5, 0.6) is 0 Å². The van der Waals surface area contributed by atoms with E-state index in [9.17, 15) is 4.79 Å². The third kappa shape index (κ3) is 3.77. The van der Waals surface area contributed by atoms with E-state index in [1.54, 1.807) is 11.8 Å². The standard InChI is InChI=1S/C19H19N5OS/c1-13-5-2-3-8-17(13)26-12-18(25)20-15-7-4-6-14(11-15)19-21-22-23-24(19)16-9-10-16/h2-8,11,16H,9-10,12H2,1H3,(H,20,25). The Bertz CT molecular complexity index is 935. The Morgan fingerprint density at radius 1 is 1.23 bits per heavy atom. The third-order valence-corrected chi connectivity index (χ3v) is 5.42. The predicted molar refractivity (Wildman–Crippen MR) is 102 cm³/mol. The number of anilines is 1. The average Bonchev–Trinajstić information content (AvgIpc) is 3.38. The molecule has 1 aromatic heterocycles. The van der Waals surface area contributed by atoms with Gasteiger partial charge in [0.15, 0.2) is 5.82 Å². The number of thioether (sulfide) groups is 1. The summed E-state index contributed by atoms with van der Waals surface area (Å²) in [5.74, 6) is 1.09. The van der Waals surface area contributed by atoms with Gasteiger partial charge in [0, 0.05) is 16.1 Å². The number of amides is 1. The maximum atomic E-state index is 12.3. The third-order valence-electron chi connectivity index (χ3n) is 4.24. The van der Waals surface area contributed by atoms with Crippen LogP contribution in [0.3, 0.4) is 0 Å². The Balaban J connectivity index is 1.43. The number of carbonyl (C=O) groups excluding carboxylic acids is 1. The molecule has 7 heteroatoms. The van der Waals surface area contributed by atoms with Crippen LogP contribution >= 0.6 is 11.8 Å². The second-order valence-electron chi connectivity index (χ2n) is 6.36. The van der Waals surface area contributed by atoms with E-state index in [4.69, 9.17) is 0 Å². The van der Waals surface area contributed by atoms with E-state index >= 15 is 0 Å². The molecule has 132 valence electrons. The molecule has 1 amide bonds. The summed E-state index contributed by atoms with van der Waals surface area (Å²) in [5, 5.41) is 15.0. The largest absolute Gasteiger partial charge is 0.325 e. The molecule has 0 atom stereocenters. The molecule has 6 nitrogen and oxygen atoms in total. The molecule has 4 rings (SSSR count). The maximum Gasteiger partial charge on any atom is 0.234 e. The van der Waals surface area contributed by atoms with Crippen LogP contribution in [0.2, 0.25) is 0 Å². The molecule has 1 aliphatic rings. The summed E-state index contributed by atoms with van der Waals surface area (Å²) < 4.78 is 1.87. The van der Waals surface area contributed by atoms with E-state index in [1.807, 2.05) is 60.1 Å². The van der Waals surface area contributed by atoms with Gasteiger partial charge < -0.3 is 5.32 Å². The summed E-state index contributed by atoms with van der Waals surface area (Å²) in [6.07, 6.45) is 2.23. The molecule has 1 aliphatic carbocycles. The van der Waals surface area contributed by atoms with E-state index in [1.165, 1.54) is 5.56 Å². The first-order valence-electron chi connectivity index (χ1n) is 8.57. The first-order valence-corrected chi connectivity index (χ1v) is 9.56. The molecule has 1 N–H and O–H groups in total. The summed E-state index contributed by atoms with van der Waals surface area (Å²) in [7, 11) is 0. The minimum absolute atomic E-state index is 0.0304. The van der Waals surface area contributed by atoms with Gasteiger partial charge in [-0.25, -0.2) is 4.68 Å². The minimum atomic E-state index is -0.0304. The Hall–Kier alpha value is -2.67. The summed E-state index contributed by atoms with van der Waals surface area (Å²) in [4.78, 5) is 13.4. The van der Waals surface area contributed by atoms with Crippen LogP contribution in [0.15, 0.2) is 53.4 Å². The number of nitrogens with zero attached hydrogens (tertiary/aromatic N) is 4. The molecule has 1 heterocycles. The summed E-state index contributed by atoms with van der Waals surface area (Å²) >= 11 is 1.54. The van der Waals surface area contributed by atoms with Gasteiger partial charge in [-0.3, -0.25) is 4.79 Å². The number of carbonyl (C=O) groups is 1. The smallest absolute Gasteiger partial charge is 0.234 e. The van der Waals surface area contributed by atoms with Gasteiger partial charge in [-0.15, -0.1) is 16.9 Å². The molecule has 0 bridgehead atoms. The van der Waals surface area contributed by atoms with E-state index in [-0.39, 0.29) is 5.91 Å². The van der Waals surface area contributed by atoms with Crippen LogP contribution in [0.4, 0.5) is 5.69 Å². The monoisotopic (exact) mass is 365 g/mol. The highest BCUT2D eigenvalue weighted by Gasteiger charge is 2.28. The lowest BCUT2D eigenvalue weighted by Crippen LogP contribution is -2.14. The van der Waals surface area contributed by atoms with Crippen LogP contribution in [-0.2, 0) is 4.79 Å². The van der Waals surface area contributed by atoms with Gasteiger partial charge in [-0.2, -0.15) is 0 Å². The Labute approximate surface area is 156 Å². The fourth-order valence-corrected chi connectivity index (χ4v) is 3.57. The van der Waals surface area contributed by atoms with E-state index in [0.717, 1.165) is 34.8 Å². The van der Waals surface area contributed by atoms with Crippen molar-refractivity contribution in [2.45, 2.75) is 30.7 Å². The second-order valence-corrected chi connectivity index (χ2v) is 7.38. The fraction of sp³-hybridized carbons (Fsp3) is 0.263. The van der Waals surface area contributed by atoms with E-state index in [0.29, 0.717) is 11.8 Å². The van der Waals surface area contributed by atoms with Gasteiger partial charge in [-0.05, 0) is 54.0 Å². The predicted octanol–water partition coefficient (Wildman–Crippen LogP) is 3.71. The van der Waals surface area contributed by atoms with Crippen LogP contribution < -0.4 is 5.32 Å². The number of benzene rings is 2. The van der Waals surface area contributed by atoms with E-state index in [2.05, 4.69) is 20.8 Å². The van der Waals surface area contributed by atoms with Crippen molar-refractivity contribution < 1.29 is 4.79 Å². The molecule has 2 aromatic carbocycles. The zero-order valence-corrected chi connectivity index (χ0v) is 15.2. The minimum Gasteiger partial charge on any atom is -0.325 e. The van der Waals surface area contributed by atoms with Gasteiger partial charge in [0.2, 0.25) is 5.91 Å². The number of nitrogens with one attached hydrogen (secondary N) is 1. The topological polar surface area (TPSA) is 72.7 Å². The maximum absolute atomic E-state index is 12.3. The first kappa shape index (κ1) is 16.8. The van der Waals surface area contributed by atoms with Gasteiger partial charge in [0.05, 0.1) is 11.8 Å². The summed E-state index contributed by atoms with van der Waals surface area (Å²) in [5.41, 5.74) is 2.84. The second kappa shape index (κ2) is 7.29.